The van der Waals surface area contributed by atoms with Gasteiger partial charge in [0.05, 0.1) is 17.4 Å². The molecule has 1 aromatic carbocycles. The number of aliphatic imine (C=N–C) groups is 2. The van der Waals surface area contributed by atoms with E-state index in [0.717, 1.165) is 55.6 Å². The Bertz CT molecular complexity index is 705. The molecule has 1 unspecified atom stereocenters. The third kappa shape index (κ3) is 2.72. The maximum absolute atomic E-state index is 6.16. The number of anilines is 1. The highest BCUT2D eigenvalue weighted by atomic mass is 35.5. The van der Waals surface area contributed by atoms with Crippen molar-refractivity contribution in [3.05, 3.63) is 23.2 Å². The highest BCUT2D eigenvalue weighted by molar-refractivity contribution is 6.47. The number of piperazine rings is 1. The van der Waals surface area contributed by atoms with E-state index in [4.69, 9.17) is 21.6 Å². The van der Waals surface area contributed by atoms with Crippen molar-refractivity contribution >= 4 is 40.9 Å². The first-order chi connectivity index (χ1) is 11.2. The number of nitrogens with zero attached hydrogens (tertiary/aromatic N) is 5. The maximum atomic E-state index is 6.16. The monoisotopic (exact) mass is 330 g/mol. The summed E-state index contributed by atoms with van der Waals surface area (Å²) in [4.78, 5) is 12.0. The molecule has 0 aliphatic carbocycles. The van der Waals surface area contributed by atoms with Crippen LogP contribution in [0.1, 0.15) is 13.3 Å². The van der Waals surface area contributed by atoms with Gasteiger partial charge in [-0.15, -0.1) is 0 Å². The van der Waals surface area contributed by atoms with E-state index in [2.05, 4.69) is 22.2 Å². The van der Waals surface area contributed by atoms with Crippen molar-refractivity contribution in [2.24, 2.45) is 15.1 Å². The first-order valence-corrected chi connectivity index (χ1v) is 8.35. The Balaban J connectivity index is 1.86. The number of nitrogens with one attached hydrogen (secondary N) is 1. The van der Waals surface area contributed by atoms with Gasteiger partial charge >= 0.3 is 0 Å². The third-order valence-corrected chi connectivity index (χ3v) is 4.43. The highest BCUT2D eigenvalue weighted by Crippen LogP contribution is 2.36. The quantitative estimate of drug-likeness (QED) is 0.794. The van der Waals surface area contributed by atoms with Crippen molar-refractivity contribution in [1.82, 2.24) is 10.2 Å². The highest BCUT2D eigenvalue weighted by Gasteiger charge is 2.32. The van der Waals surface area contributed by atoms with Crippen molar-refractivity contribution in [2.45, 2.75) is 19.4 Å². The summed E-state index contributed by atoms with van der Waals surface area (Å²) in [5, 5.41) is 10.6. The minimum atomic E-state index is 0.195. The molecule has 1 atom stereocenters. The molecule has 0 saturated carbocycles. The van der Waals surface area contributed by atoms with Crippen molar-refractivity contribution in [1.29, 1.82) is 0 Å². The van der Waals surface area contributed by atoms with Crippen LogP contribution in [0.4, 0.5) is 11.4 Å². The van der Waals surface area contributed by atoms with Crippen LogP contribution in [-0.4, -0.2) is 55.0 Å². The van der Waals surface area contributed by atoms with E-state index in [1.54, 1.807) is 0 Å². The average Bonchev–Trinajstić information content (AvgIpc) is 2.76. The lowest BCUT2D eigenvalue weighted by Gasteiger charge is -2.35. The minimum absolute atomic E-state index is 0.195. The van der Waals surface area contributed by atoms with Crippen LogP contribution in [0.2, 0.25) is 5.02 Å². The minimum Gasteiger partial charge on any atom is -0.351 e. The van der Waals surface area contributed by atoms with Crippen LogP contribution in [0.25, 0.3) is 0 Å². The molecule has 0 radical (unpaired) electrons. The smallest absolute Gasteiger partial charge is 0.193 e. The van der Waals surface area contributed by atoms with Gasteiger partial charge in [-0.3, -0.25) is 4.99 Å². The molecule has 6 nitrogen and oxygen atoms in total. The molecule has 0 spiro atoms. The Morgan fingerprint density at radius 3 is 2.87 bits per heavy atom. The van der Waals surface area contributed by atoms with Gasteiger partial charge < -0.3 is 10.2 Å². The van der Waals surface area contributed by atoms with Gasteiger partial charge in [-0.25, -0.2) is 10.0 Å². The summed E-state index contributed by atoms with van der Waals surface area (Å²) in [5.41, 5.74) is 1.77. The second-order valence-electron chi connectivity index (χ2n) is 5.95. The zero-order chi connectivity index (χ0) is 15.8. The fraction of sp³-hybridized carbons (Fsp3) is 0.438. The molecule has 1 fully saturated rings. The topological polar surface area (TPSA) is 55.6 Å². The van der Waals surface area contributed by atoms with E-state index in [1.807, 2.05) is 29.4 Å². The molecule has 0 bridgehead atoms. The van der Waals surface area contributed by atoms with Crippen molar-refractivity contribution in [3.8, 4) is 0 Å². The van der Waals surface area contributed by atoms with Crippen LogP contribution in [0.15, 0.2) is 33.3 Å². The van der Waals surface area contributed by atoms with Gasteiger partial charge in [0.25, 0.3) is 0 Å². The number of benzene rings is 1. The molecule has 3 heterocycles. The summed E-state index contributed by atoms with van der Waals surface area (Å²) in [6.45, 7) is 5.84. The van der Waals surface area contributed by atoms with Crippen LogP contribution >= 0.6 is 11.6 Å². The number of halogens is 1. The number of hydrogen-bond acceptors (Lipinski definition) is 6. The molecule has 0 amide bonds. The van der Waals surface area contributed by atoms with E-state index in [-0.39, 0.29) is 6.04 Å². The first kappa shape index (κ1) is 14.7. The Labute approximate surface area is 140 Å². The zero-order valence-corrected chi connectivity index (χ0v) is 13.8. The fourth-order valence-corrected chi connectivity index (χ4v) is 3.17. The molecule has 1 N–H and O–H groups in total. The Morgan fingerprint density at radius 1 is 1.22 bits per heavy atom. The third-order valence-electron chi connectivity index (χ3n) is 4.20. The molecule has 7 heteroatoms. The van der Waals surface area contributed by atoms with Gasteiger partial charge in [-0.1, -0.05) is 11.6 Å². The lowest BCUT2D eigenvalue weighted by molar-refractivity contribution is 0.360. The molecule has 23 heavy (non-hydrogen) atoms. The van der Waals surface area contributed by atoms with Gasteiger partial charge in [0, 0.05) is 43.8 Å². The van der Waals surface area contributed by atoms with E-state index in [9.17, 15) is 0 Å². The number of hydrogen-bond donors (Lipinski definition) is 1. The van der Waals surface area contributed by atoms with E-state index in [0.29, 0.717) is 5.02 Å². The number of rotatable bonds is 0. The van der Waals surface area contributed by atoms with E-state index >= 15 is 0 Å². The first-order valence-electron chi connectivity index (χ1n) is 7.97. The molecule has 1 aromatic rings. The number of amidine groups is 2. The molecule has 0 aromatic heterocycles. The van der Waals surface area contributed by atoms with Crippen molar-refractivity contribution in [2.75, 3.05) is 31.2 Å². The van der Waals surface area contributed by atoms with Gasteiger partial charge in [0.1, 0.15) is 0 Å². The predicted octanol–water partition coefficient (Wildman–Crippen LogP) is 2.27. The molecule has 3 aliphatic heterocycles. The van der Waals surface area contributed by atoms with Crippen LogP contribution in [-0.2, 0) is 0 Å². The molecule has 3 aliphatic rings. The van der Waals surface area contributed by atoms with E-state index in [1.165, 1.54) is 0 Å². The van der Waals surface area contributed by atoms with Gasteiger partial charge in [-0.2, -0.15) is 5.10 Å². The maximum Gasteiger partial charge on any atom is 0.193 e. The van der Waals surface area contributed by atoms with Crippen LogP contribution in [0.5, 0.6) is 0 Å². The van der Waals surface area contributed by atoms with Gasteiger partial charge in [-0.05, 0) is 25.1 Å². The Kier molecular flexibility index (Phi) is 3.79. The molecule has 1 saturated heterocycles. The molecular weight excluding hydrogens is 312 g/mol. The molecular formula is C16H19ClN6. The van der Waals surface area contributed by atoms with Crippen LogP contribution in [0.3, 0.4) is 0 Å². The van der Waals surface area contributed by atoms with Crippen LogP contribution in [0, 0.1) is 0 Å². The van der Waals surface area contributed by atoms with Crippen LogP contribution < -0.4 is 10.3 Å². The molecule has 120 valence electrons. The summed E-state index contributed by atoms with van der Waals surface area (Å²) in [7, 11) is 0. The Hall–Kier alpha value is -1.92. The normalized spacial score (nSPS) is 23.7. The average molecular weight is 331 g/mol. The standard InChI is InChI=1S/C16H19ClN6/c1-11-4-5-19-23-14-3-2-12(17)10-13(14)21-15(16(23)20-11)22-8-6-18-7-9-22/h2-3,5,10-11,18H,4,6-9H2,1H3. The SMILES string of the molecule is CC1CC=NN2C(=N1)C(N1CCNCC1)=Nc1cc(Cl)ccc12. The number of hydrazone groups is 1. The van der Waals surface area contributed by atoms with Crippen molar-refractivity contribution < 1.29 is 0 Å². The zero-order valence-electron chi connectivity index (χ0n) is 13.0. The predicted molar refractivity (Wildman–Crippen MR) is 95.5 cm³/mol. The van der Waals surface area contributed by atoms with Gasteiger partial charge in [0.2, 0.25) is 0 Å². The summed E-state index contributed by atoms with van der Waals surface area (Å²) in [5.74, 6) is 1.73. The summed E-state index contributed by atoms with van der Waals surface area (Å²) in [6, 6.07) is 5.91. The second kappa shape index (κ2) is 5.94. The van der Waals surface area contributed by atoms with Crippen molar-refractivity contribution in [3.63, 3.8) is 0 Å². The lowest BCUT2D eigenvalue weighted by atomic mass is 10.2. The summed E-state index contributed by atoms with van der Waals surface area (Å²) >= 11 is 6.16. The van der Waals surface area contributed by atoms with Gasteiger partial charge in [0.15, 0.2) is 11.7 Å². The summed E-state index contributed by atoms with van der Waals surface area (Å²) in [6.07, 6.45) is 2.76. The lowest BCUT2D eigenvalue weighted by Crippen LogP contribution is -2.52. The Morgan fingerprint density at radius 2 is 2.04 bits per heavy atom. The fourth-order valence-electron chi connectivity index (χ4n) is 3.00. The summed E-state index contributed by atoms with van der Waals surface area (Å²) < 4.78 is 0. The van der Waals surface area contributed by atoms with E-state index < -0.39 is 0 Å². The largest absolute Gasteiger partial charge is 0.351 e. The molecule has 4 rings (SSSR count). The second-order valence-corrected chi connectivity index (χ2v) is 6.39. The number of fused-ring (bicyclic) bond motifs is 3.